The highest BCUT2D eigenvalue weighted by Crippen LogP contribution is 2.28. The minimum absolute atomic E-state index is 0.0317. The smallest absolute Gasteiger partial charge is 0.227 e. The molecule has 0 unspecified atom stereocenters. The standard InChI is InChI=1S/C13H28N2O/c1-11(2,3)8-9-15-10(16)12(4,5)13(6,7)14/h8-9,14H2,1-7H3,(H,15,16). The first-order chi connectivity index (χ1) is 6.88. The number of nitrogens with one attached hydrogen (secondary N) is 1. The van der Waals surface area contributed by atoms with E-state index in [4.69, 9.17) is 5.73 Å². The zero-order valence-electron chi connectivity index (χ0n) is 11.9. The third kappa shape index (κ3) is 4.52. The summed E-state index contributed by atoms with van der Waals surface area (Å²) in [4.78, 5) is 12.0. The Hall–Kier alpha value is -0.570. The fourth-order valence-electron chi connectivity index (χ4n) is 1.06. The number of amides is 1. The van der Waals surface area contributed by atoms with Gasteiger partial charge in [0.05, 0.1) is 5.41 Å². The molecule has 0 fully saturated rings. The van der Waals surface area contributed by atoms with Crippen LogP contribution < -0.4 is 11.1 Å². The fourth-order valence-corrected chi connectivity index (χ4v) is 1.06. The summed E-state index contributed by atoms with van der Waals surface area (Å²) in [6.45, 7) is 14.7. The van der Waals surface area contributed by atoms with E-state index in [0.717, 1.165) is 6.42 Å². The van der Waals surface area contributed by atoms with Crippen molar-refractivity contribution in [3.8, 4) is 0 Å². The Balaban J connectivity index is 4.28. The molecule has 96 valence electrons. The van der Waals surface area contributed by atoms with Crippen molar-refractivity contribution in [2.24, 2.45) is 16.6 Å². The molecule has 0 radical (unpaired) electrons. The number of carbonyl (C=O) groups is 1. The van der Waals surface area contributed by atoms with E-state index < -0.39 is 11.0 Å². The van der Waals surface area contributed by atoms with Gasteiger partial charge in [-0.1, -0.05) is 20.8 Å². The topological polar surface area (TPSA) is 55.1 Å². The zero-order chi connectivity index (χ0) is 13.2. The summed E-state index contributed by atoms with van der Waals surface area (Å²) in [7, 11) is 0. The Morgan fingerprint density at radius 2 is 1.50 bits per heavy atom. The molecule has 16 heavy (non-hydrogen) atoms. The van der Waals surface area contributed by atoms with Crippen molar-refractivity contribution in [2.75, 3.05) is 6.54 Å². The van der Waals surface area contributed by atoms with Crippen molar-refractivity contribution in [1.29, 1.82) is 0 Å². The van der Waals surface area contributed by atoms with Crippen molar-refractivity contribution in [1.82, 2.24) is 5.32 Å². The SMILES string of the molecule is CC(C)(C)CCNC(=O)C(C)(C)C(C)(C)N. The number of rotatable bonds is 4. The molecular formula is C13H28N2O. The lowest BCUT2D eigenvalue weighted by atomic mass is 9.74. The molecule has 0 saturated carbocycles. The normalized spacial score (nSPS) is 13.8. The molecule has 0 aliphatic rings. The van der Waals surface area contributed by atoms with Crippen LogP contribution in [0.4, 0.5) is 0 Å². The van der Waals surface area contributed by atoms with Crippen LogP contribution in [0.15, 0.2) is 0 Å². The number of nitrogens with two attached hydrogens (primary N) is 1. The molecule has 0 heterocycles. The highest BCUT2D eigenvalue weighted by molar-refractivity contribution is 5.83. The molecule has 0 spiro atoms. The number of carbonyl (C=O) groups excluding carboxylic acids is 1. The van der Waals surface area contributed by atoms with Crippen LogP contribution >= 0.6 is 0 Å². The van der Waals surface area contributed by atoms with E-state index in [-0.39, 0.29) is 11.3 Å². The molecule has 0 aromatic rings. The predicted molar refractivity (Wildman–Crippen MR) is 69.1 cm³/mol. The monoisotopic (exact) mass is 228 g/mol. The lowest BCUT2D eigenvalue weighted by Gasteiger charge is -2.37. The van der Waals surface area contributed by atoms with Gasteiger partial charge in [0.15, 0.2) is 0 Å². The summed E-state index contributed by atoms with van der Waals surface area (Å²) in [5.41, 5.74) is 5.19. The van der Waals surface area contributed by atoms with E-state index in [1.807, 2.05) is 27.7 Å². The molecular weight excluding hydrogens is 200 g/mol. The summed E-state index contributed by atoms with van der Waals surface area (Å²) < 4.78 is 0. The van der Waals surface area contributed by atoms with Gasteiger partial charge in [-0.05, 0) is 39.5 Å². The molecule has 0 bridgehead atoms. The Labute approximate surface area is 100 Å². The molecule has 3 N–H and O–H groups in total. The van der Waals surface area contributed by atoms with Crippen LogP contribution in [0.5, 0.6) is 0 Å². The molecule has 0 rings (SSSR count). The van der Waals surface area contributed by atoms with Crippen LogP contribution in [0.3, 0.4) is 0 Å². The molecule has 0 aromatic heterocycles. The third-order valence-corrected chi connectivity index (χ3v) is 3.34. The Bertz CT molecular complexity index is 244. The maximum Gasteiger partial charge on any atom is 0.227 e. The fraction of sp³-hybridized carbons (Fsp3) is 0.923. The quantitative estimate of drug-likeness (QED) is 0.775. The van der Waals surface area contributed by atoms with E-state index in [9.17, 15) is 4.79 Å². The van der Waals surface area contributed by atoms with Crippen LogP contribution in [-0.2, 0) is 4.79 Å². The van der Waals surface area contributed by atoms with Gasteiger partial charge in [0.25, 0.3) is 0 Å². The highest BCUT2D eigenvalue weighted by Gasteiger charge is 2.40. The van der Waals surface area contributed by atoms with Crippen molar-refractivity contribution in [3.63, 3.8) is 0 Å². The van der Waals surface area contributed by atoms with Crippen molar-refractivity contribution < 1.29 is 4.79 Å². The molecule has 0 aromatic carbocycles. The molecule has 3 heteroatoms. The summed E-state index contributed by atoms with van der Waals surface area (Å²) >= 11 is 0. The molecule has 0 saturated heterocycles. The van der Waals surface area contributed by atoms with Crippen LogP contribution in [0.1, 0.15) is 54.9 Å². The van der Waals surface area contributed by atoms with Gasteiger partial charge < -0.3 is 11.1 Å². The van der Waals surface area contributed by atoms with Crippen LogP contribution in [0.2, 0.25) is 0 Å². The maximum atomic E-state index is 12.0. The lowest BCUT2D eigenvalue weighted by Crippen LogP contribution is -2.55. The van der Waals surface area contributed by atoms with E-state index in [2.05, 4.69) is 26.1 Å². The Morgan fingerprint density at radius 1 is 1.06 bits per heavy atom. The van der Waals surface area contributed by atoms with E-state index in [1.54, 1.807) is 0 Å². The van der Waals surface area contributed by atoms with Gasteiger partial charge in [0.2, 0.25) is 5.91 Å². The molecule has 3 nitrogen and oxygen atoms in total. The number of hydrogen-bond donors (Lipinski definition) is 2. The third-order valence-electron chi connectivity index (χ3n) is 3.34. The van der Waals surface area contributed by atoms with Gasteiger partial charge in [-0.2, -0.15) is 0 Å². The summed E-state index contributed by atoms with van der Waals surface area (Å²) in [6, 6.07) is 0. The first-order valence-corrected chi connectivity index (χ1v) is 5.95. The first kappa shape index (κ1) is 15.4. The van der Waals surface area contributed by atoms with E-state index in [0.29, 0.717) is 6.54 Å². The van der Waals surface area contributed by atoms with Crippen LogP contribution in [0.25, 0.3) is 0 Å². The molecule has 0 aliphatic heterocycles. The van der Waals surface area contributed by atoms with Gasteiger partial charge in [-0.3, -0.25) is 4.79 Å². The van der Waals surface area contributed by atoms with E-state index >= 15 is 0 Å². The summed E-state index contributed by atoms with van der Waals surface area (Å²) in [6.07, 6.45) is 0.972. The van der Waals surface area contributed by atoms with Gasteiger partial charge in [0.1, 0.15) is 0 Å². The van der Waals surface area contributed by atoms with Gasteiger partial charge in [-0.15, -0.1) is 0 Å². The average Bonchev–Trinajstić information content (AvgIpc) is 1.99. The Kier molecular flexibility index (Phi) is 4.57. The van der Waals surface area contributed by atoms with Crippen molar-refractivity contribution in [3.05, 3.63) is 0 Å². The highest BCUT2D eigenvalue weighted by atomic mass is 16.2. The zero-order valence-corrected chi connectivity index (χ0v) is 11.9. The summed E-state index contributed by atoms with van der Waals surface area (Å²) in [5.74, 6) is 0.0317. The minimum atomic E-state index is -0.551. The second kappa shape index (κ2) is 4.74. The first-order valence-electron chi connectivity index (χ1n) is 5.95. The summed E-state index contributed by atoms with van der Waals surface area (Å²) in [5, 5.41) is 2.97. The van der Waals surface area contributed by atoms with Crippen LogP contribution in [0, 0.1) is 10.8 Å². The second-order valence-corrected chi connectivity index (χ2v) is 6.91. The molecule has 1 amide bonds. The molecule has 0 aliphatic carbocycles. The average molecular weight is 228 g/mol. The number of hydrogen-bond acceptors (Lipinski definition) is 2. The van der Waals surface area contributed by atoms with Gasteiger partial charge in [-0.25, -0.2) is 0 Å². The second-order valence-electron chi connectivity index (χ2n) is 6.91. The van der Waals surface area contributed by atoms with Crippen molar-refractivity contribution in [2.45, 2.75) is 60.4 Å². The van der Waals surface area contributed by atoms with E-state index in [1.165, 1.54) is 0 Å². The Morgan fingerprint density at radius 3 is 1.81 bits per heavy atom. The van der Waals surface area contributed by atoms with Crippen molar-refractivity contribution >= 4 is 5.91 Å². The largest absolute Gasteiger partial charge is 0.356 e. The lowest BCUT2D eigenvalue weighted by molar-refractivity contribution is -0.132. The van der Waals surface area contributed by atoms with Gasteiger partial charge >= 0.3 is 0 Å². The van der Waals surface area contributed by atoms with Crippen LogP contribution in [-0.4, -0.2) is 18.0 Å². The molecule has 0 atom stereocenters. The van der Waals surface area contributed by atoms with Gasteiger partial charge in [0, 0.05) is 12.1 Å². The maximum absolute atomic E-state index is 12.0. The minimum Gasteiger partial charge on any atom is -0.356 e. The predicted octanol–water partition coefficient (Wildman–Crippen LogP) is 2.30.